The summed E-state index contributed by atoms with van der Waals surface area (Å²) in [5, 5.41) is 21.6. The van der Waals surface area contributed by atoms with Crippen LogP contribution in [-0.4, -0.2) is 23.1 Å². The van der Waals surface area contributed by atoms with Gasteiger partial charge in [-0.1, -0.05) is 0 Å². The Balaban J connectivity index is 2.71. The van der Waals surface area contributed by atoms with E-state index in [-0.39, 0.29) is 11.3 Å². The van der Waals surface area contributed by atoms with Gasteiger partial charge in [-0.3, -0.25) is 4.79 Å². The van der Waals surface area contributed by atoms with Crippen LogP contribution in [0.3, 0.4) is 0 Å². The second-order valence-electron chi connectivity index (χ2n) is 3.46. The normalized spacial score (nSPS) is 11.2. The molecular formula is C11H10FN3O3. The van der Waals surface area contributed by atoms with Crippen molar-refractivity contribution in [2.24, 2.45) is 0 Å². The first kappa shape index (κ1) is 13.4. The van der Waals surface area contributed by atoms with Crippen molar-refractivity contribution in [2.75, 3.05) is 5.32 Å². The Labute approximate surface area is 102 Å². The van der Waals surface area contributed by atoms with E-state index >= 15 is 0 Å². The largest absolute Gasteiger partial charge is 0.480 e. The minimum Gasteiger partial charge on any atom is -0.480 e. The molecule has 18 heavy (non-hydrogen) atoms. The SMILES string of the molecule is C[C@H](NC(=O)Nc1ccc(F)c(C#N)c1)C(=O)O. The average molecular weight is 251 g/mol. The fraction of sp³-hybridized carbons (Fsp3) is 0.182. The predicted octanol–water partition coefficient (Wildman–Crippen LogP) is 1.29. The third-order valence-corrected chi connectivity index (χ3v) is 2.06. The number of hydrogen-bond donors (Lipinski definition) is 3. The van der Waals surface area contributed by atoms with Gasteiger partial charge in [0, 0.05) is 5.69 Å². The van der Waals surface area contributed by atoms with Crippen LogP contribution >= 0.6 is 0 Å². The van der Waals surface area contributed by atoms with E-state index in [1.807, 2.05) is 0 Å². The molecule has 0 unspecified atom stereocenters. The highest BCUT2D eigenvalue weighted by molar-refractivity contribution is 5.92. The summed E-state index contributed by atoms with van der Waals surface area (Å²) in [6, 6.07) is 3.28. The molecule has 1 aromatic rings. The number of rotatable bonds is 3. The molecule has 0 saturated heterocycles. The Kier molecular flexibility index (Phi) is 4.21. The number of hydrogen-bond acceptors (Lipinski definition) is 3. The molecule has 0 heterocycles. The first-order valence-electron chi connectivity index (χ1n) is 4.94. The highest BCUT2D eigenvalue weighted by Crippen LogP contribution is 2.13. The lowest BCUT2D eigenvalue weighted by Gasteiger charge is -2.10. The van der Waals surface area contributed by atoms with E-state index < -0.39 is 23.9 Å². The second kappa shape index (κ2) is 5.63. The third kappa shape index (κ3) is 3.45. The zero-order valence-corrected chi connectivity index (χ0v) is 9.40. The van der Waals surface area contributed by atoms with Crippen LogP contribution in [0.2, 0.25) is 0 Å². The predicted molar refractivity (Wildman–Crippen MR) is 60.4 cm³/mol. The molecule has 0 aliphatic heterocycles. The zero-order valence-electron chi connectivity index (χ0n) is 9.40. The number of anilines is 1. The average Bonchev–Trinajstić information content (AvgIpc) is 2.31. The molecule has 6 nitrogen and oxygen atoms in total. The van der Waals surface area contributed by atoms with Crippen LogP contribution < -0.4 is 10.6 Å². The molecule has 0 spiro atoms. The smallest absolute Gasteiger partial charge is 0.325 e. The maximum atomic E-state index is 13.0. The summed E-state index contributed by atoms with van der Waals surface area (Å²) in [6.45, 7) is 1.30. The first-order valence-corrected chi connectivity index (χ1v) is 4.94. The molecule has 94 valence electrons. The van der Waals surface area contributed by atoms with E-state index in [2.05, 4.69) is 10.6 Å². The maximum absolute atomic E-state index is 13.0. The summed E-state index contributed by atoms with van der Waals surface area (Å²) in [6.07, 6.45) is 0. The minimum atomic E-state index is -1.18. The van der Waals surface area contributed by atoms with Gasteiger partial charge >= 0.3 is 12.0 Å². The van der Waals surface area contributed by atoms with Crippen molar-refractivity contribution < 1.29 is 19.1 Å². The number of aliphatic carboxylic acids is 1. The van der Waals surface area contributed by atoms with Crippen LogP contribution in [0.15, 0.2) is 18.2 Å². The molecule has 0 radical (unpaired) electrons. The van der Waals surface area contributed by atoms with Crippen LogP contribution in [0.5, 0.6) is 0 Å². The summed E-state index contributed by atoms with van der Waals surface area (Å²) in [5.41, 5.74) is -0.0119. The lowest BCUT2D eigenvalue weighted by atomic mass is 10.2. The summed E-state index contributed by atoms with van der Waals surface area (Å²) >= 11 is 0. The van der Waals surface area contributed by atoms with Crippen LogP contribution in [0, 0.1) is 17.1 Å². The van der Waals surface area contributed by atoms with Crippen LogP contribution in [-0.2, 0) is 4.79 Å². The van der Waals surface area contributed by atoms with Gasteiger partial charge in [-0.25, -0.2) is 9.18 Å². The number of nitriles is 1. The molecule has 3 N–H and O–H groups in total. The number of carboxylic acid groups (broad SMARTS) is 1. The molecule has 7 heteroatoms. The van der Waals surface area contributed by atoms with E-state index in [9.17, 15) is 14.0 Å². The minimum absolute atomic E-state index is 0.197. The topological polar surface area (TPSA) is 102 Å². The number of carbonyl (C=O) groups excluding carboxylic acids is 1. The quantitative estimate of drug-likeness (QED) is 0.753. The van der Waals surface area contributed by atoms with Gasteiger partial charge in [0.25, 0.3) is 0 Å². The van der Waals surface area contributed by atoms with Gasteiger partial charge in [0.15, 0.2) is 0 Å². The number of nitrogens with one attached hydrogen (secondary N) is 2. The van der Waals surface area contributed by atoms with Crippen molar-refractivity contribution in [3.8, 4) is 6.07 Å². The summed E-state index contributed by atoms with van der Waals surface area (Å²) in [4.78, 5) is 21.8. The standard InChI is InChI=1S/C11H10FN3O3/c1-6(10(16)17)14-11(18)15-8-2-3-9(12)7(4-8)5-13/h2-4,6H,1H3,(H,16,17)(H2,14,15,18)/t6-/m0/s1. The molecule has 0 aliphatic carbocycles. The molecular weight excluding hydrogens is 241 g/mol. The number of nitrogens with zero attached hydrogens (tertiary/aromatic N) is 1. The van der Waals surface area contributed by atoms with E-state index in [0.29, 0.717) is 0 Å². The van der Waals surface area contributed by atoms with Crippen molar-refractivity contribution in [1.29, 1.82) is 5.26 Å². The lowest BCUT2D eigenvalue weighted by molar-refractivity contribution is -0.138. The number of halogens is 1. The molecule has 0 bridgehead atoms. The Bertz CT molecular complexity index is 525. The number of benzene rings is 1. The van der Waals surface area contributed by atoms with E-state index in [0.717, 1.165) is 12.1 Å². The first-order chi connectivity index (χ1) is 8.43. The molecule has 0 saturated carbocycles. The highest BCUT2D eigenvalue weighted by Gasteiger charge is 2.14. The molecule has 1 rings (SSSR count). The maximum Gasteiger partial charge on any atom is 0.325 e. The van der Waals surface area contributed by atoms with Gasteiger partial charge in [0.2, 0.25) is 0 Å². The number of carboxylic acids is 1. The zero-order chi connectivity index (χ0) is 13.7. The van der Waals surface area contributed by atoms with Gasteiger partial charge in [0.05, 0.1) is 5.56 Å². The monoisotopic (exact) mass is 251 g/mol. The van der Waals surface area contributed by atoms with Gasteiger partial charge < -0.3 is 15.7 Å². The van der Waals surface area contributed by atoms with Crippen LogP contribution in [0.4, 0.5) is 14.9 Å². The van der Waals surface area contributed by atoms with E-state index in [1.54, 1.807) is 6.07 Å². The van der Waals surface area contributed by atoms with Gasteiger partial charge in [0.1, 0.15) is 17.9 Å². The molecule has 0 fully saturated rings. The summed E-state index contributed by atoms with van der Waals surface area (Å²) < 4.78 is 13.0. The summed E-state index contributed by atoms with van der Waals surface area (Å²) in [5.74, 6) is -1.87. The molecule has 1 aromatic carbocycles. The highest BCUT2D eigenvalue weighted by atomic mass is 19.1. The Morgan fingerprint density at radius 3 is 2.72 bits per heavy atom. The molecule has 0 aromatic heterocycles. The Hall–Kier alpha value is -2.62. The molecule has 2 amide bonds. The Morgan fingerprint density at radius 2 is 2.17 bits per heavy atom. The van der Waals surface area contributed by atoms with Gasteiger partial charge in [-0.05, 0) is 25.1 Å². The Morgan fingerprint density at radius 1 is 1.50 bits per heavy atom. The second-order valence-corrected chi connectivity index (χ2v) is 3.46. The van der Waals surface area contributed by atoms with Crippen molar-refractivity contribution in [3.05, 3.63) is 29.6 Å². The fourth-order valence-corrected chi connectivity index (χ4v) is 1.11. The lowest BCUT2D eigenvalue weighted by Crippen LogP contribution is -2.40. The van der Waals surface area contributed by atoms with E-state index in [4.69, 9.17) is 10.4 Å². The summed E-state index contributed by atoms with van der Waals surface area (Å²) in [7, 11) is 0. The number of urea groups is 1. The van der Waals surface area contributed by atoms with Crippen molar-refractivity contribution in [1.82, 2.24) is 5.32 Å². The number of amides is 2. The van der Waals surface area contributed by atoms with Crippen molar-refractivity contribution in [3.63, 3.8) is 0 Å². The van der Waals surface area contributed by atoms with Crippen molar-refractivity contribution >= 4 is 17.7 Å². The third-order valence-electron chi connectivity index (χ3n) is 2.06. The molecule has 0 aliphatic rings. The van der Waals surface area contributed by atoms with Gasteiger partial charge in [-0.15, -0.1) is 0 Å². The number of carbonyl (C=O) groups is 2. The molecule has 1 atom stereocenters. The van der Waals surface area contributed by atoms with Crippen LogP contribution in [0.25, 0.3) is 0 Å². The van der Waals surface area contributed by atoms with Crippen molar-refractivity contribution in [2.45, 2.75) is 13.0 Å². The fourth-order valence-electron chi connectivity index (χ4n) is 1.11. The van der Waals surface area contributed by atoms with Gasteiger partial charge in [-0.2, -0.15) is 5.26 Å². The van der Waals surface area contributed by atoms with Crippen LogP contribution in [0.1, 0.15) is 12.5 Å². The van der Waals surface area contributed by atoms with E-state index in [1.165, 1.54) is 13.0 Å².